The zero-order chi connectivity index (χ0) is 10.6. The summed E-state index contributed by atoms with van der Waals surface area (Å²) in [6.07, 6.45) is 1.23. The molecule has 0 aromatic carbocycles. The average Bonchev–Trinajstić information content (AvgIpc) is 2.28. The molecule has 0 bridgehead atoms. The fraction of sp³-hybridized carbons (Fsp3) is 0.889. The Morgan fingerprint density at radius 1 is 1.57 bits per heavy atom. The zero-order valence-electron chi connectivity index (χ0n) is 8.65. The van der Waals surface area contributed by atoms with Gasteiger partial charge in [0.1, 0.15) is 5.60 Å². The number of ether oxygens (including phenoxy) is 2. The Kier molecular flexibility index (Phi) is 3.71. The number of carbonyl (C=O) groups excluding carboxylic acids is 1. The number of methoxy groups -OCH3 is 2. The predicted molar refractivity (Wildman–Crippen MR) is 50.0 cm³/mol. The van der Waals surface area contributed by atoms with Crippen LogP contribution in [0.15, 0.2) is 0 Å². The minimum absolute atomic E-state index is 0.0724. The van der Waals surface area contributed by atoms with Crippen molar-refractivity contribution in [3.63, 3.8) is 0 Å². The zero-order valence-corrected chi connectivity index (χ0v) is 8.65. The number of nitrogens with zero attached hydrogens (tertiary/aromatic N) is 1. The van der Waals surface area contributed by atoms with Crippen LogP contribution in [0.4, 0.5) is 4.79 Å². The third-order valence-corrected chi connectivity index (χ3v) is 2.69. The fourth-order valence-electron chi connectivity index (χ4n) is 1.74. The van der Waals surface area contributed by atoms with Gasteiger partial charge in [-0.25, -0.2) is 4.79 Å². The van der Waals surface area contributed by atoms with E-state index in [1.165, 1.54) is 7.11 Å². The van der Waals surface area contributed by atoms with Crippen LogP contribution in [0.1, 0.15) is 12.8 Å². The van der Waals surface area contributed by atoms with Gasteiger partial charge in [-0.05, 0) is 12.8 Å². The molecule has 0 unspecified atom stereocenters. The quantitative estimate of drug-likeness (QED) is 0.697. The van der Waals surface area contributed by atoms with Gasteiger partial charge in [-0.3, -0.25) is 0 Å². The molecule has 1 saturated heterocycles. The summed E-state index contributed by atoms with van der Waals surface area (Å²) in [5, 5.41) is 9.21. The maximum Gasteiger partial charge on any atom is 0.409 e. The van der Waals surface area contributed by atoms with Gasteiger partial charge >= 0.3 is 6.09 Å². The molecule has 1 atom stereocenters. The van der Waals surface area contributed by atoms with Crippen molar-refractivity contribution in [3.8, 4) is 0 Å². The lowest BCUT2D eigenvalue weighted by atomic mass is 9.94. The van der Waals surface area contributed by atoms with Gasteiger partial charge in [0.05, 0.1) is 20.3 Å². The van der Waals surface area contributed by atoms with Crippen molar-refractivity contribution in [2.24, 2.45) is 0 Å². The third kappa shape index (κ3) is 2.16. The third-order valence-electron chi connectivity index (χ3n) is 2.69. The molecule has 1 rings (SSSR count). The van der Waals surface area contributed by atoms with E-state index < -0.39 is 5.60 Å². The Labute approximate surface area is 83.6 Å². The summed E-state index contributed by atoms with van der Waals surface area (Å²) in [4.78, 5) is 12.8. The Balaban J connectivity index is 2.62. The molecular weight excluding hydrogens is 186 g/mol. The highest BCUT2D eigenvalue weighted by molar-refractivity contribution is 5.67. The van der Waals surface area contributed by atoms with E-state index in [-0.39, 0.29) is 12.7 Å². The van der Waals surface area contributed by atoms with Crippen LogP contribution in [-0.4, -0.2) is 55.6 Å². The number of piperidine rings is 1. The summed E-state index contributed by atoms with van der Waals surface area (Å²) in [6.45, 7) is 0.988. The van der Waals surface area contributed by atoms with Crippen LogP contribution in [0.2, 0.25) is 0 Å². The number of amides is 1. The van der Waals surface area contributed by atoms with Gasteiger partial charge in [0.15, 0.2) is 0 Å². The predicted octanol–water partition coefficient (Wildman–Crippen LogP) is 0.226. The van der Waals surface area contributed by atoms with Gasteiger partial charge in [-0.1, -0.05) is 0 Å². The van der Waals surface area contributed by atoms with Gasteiger partial charge in [-0.15, -0.1) is 0 Å². The van der Waals surface area contributed by atoms with E-state index in [0.29, 0.717) is 13.1 Å². The molecule has 5 heteroatoms. The summed E-state index contributed by atoms with van der Waals surface area (Å²) < 4.78 is 9.88. The van der Waals surface area contributed by atoms with Crippen LogP contribution in [0.5, 0.6) is 0 Å². The molecule has 0 aliphatic carbocycles. The molecule has 1 amide bonds. The molecular formula is C9H17NO4. The van der Waals surface area contributed by atoms with E-state index in [1.54, 1.807) is 12.0 Å². The molecule has 1 fully saturated rings. The molecule has 1 aliphatic heterocycles. The summed E-state index contributed by atoms with van der Waals surface area (Å²) in [6, 6.07) is 0. The standard InChI is InChI=1S/C9H17NO4/c1-13-8(12)10-5-3-4-9(6-10,7-11)14-2/h11H,3-7H2,1-2H3/t9-/m0/s1. The van der Waals surface area contributed by atoms with E-state index in [2.05, 4.69) is 4.74 Å². The molecule has 1 aliphatic rings. The summed E-state index contributed by atoms with van der Waals surface area (Å²) in [5.74, 6) is 0. The molecule has 1 N–H and O–H groups in total. The van der Waals surface area contributed by atoms with Crippen molar-refractivity contribution < 1.29 is 19.4 Å². The Morgan fingerprint density at radius 2 is 2.29 bits per heavy atom. The van der Waals surface area contributed by atoms with Crippen molar-refractivity contribution in [3.05, 3.63) is 0 Å². The second-order valence-electron chi connectivity index (χ2n) is 3.54. The number of hydrogen-bond acceptors (Lipinski definition) is 4. The number of aliphatic hydroxyl groups excluding tert-OH is 1. The Bertz CT molecular complexity index is 203. The Morgan fingerprint density at radius 3 is 2.79 bits per heavy atom. The van der Waals surface area contributed by atoms with Crippen molar-refractivity contribution in [1.29, 1.82) is 0 Å². The van der Waals surface area contributed by atoms with Crippen LogP contribution in [0.3, 0.4) is 0 Å². The molecule has 5 nitrogen and oxygen atoms in total. The van der Waals surface area contributed by atoms with Gasteiger partial charge in [-0.2, -0.15) is 0 Å². The van der Waals surface area contributed by atoms with E-state index >= 15 is 0 Å². The first-order chi connectivity index (χ1) is 6.67. The average molecular weight is 203 g/mol. The summed E-state index contributed by atoms with van der Waals surface area (Å²) in [7, 11) is 2.90. The van der Waals surface area contributed by atoms with Gasteiger partial charge < -0.3 is 19.5 Å². The normalized spacial score (nSPS) is 27.5. The number of carbonyl (C=O) groups is 1. The van der Waals surface area contributed by atoms with Crippen molar-refractivity contribution in [1.82, 2.24) is 4.90 Å². The second kappa shape index (κ2) is 4.61. The lowest BCUT2D eigenvalue weighted by Gasteiger charge is -2.39. The number of rotatable bonds is 2. The molecule has 0 radical (unpaired) electrons. The molecule has 82 valence electrons. The largest absolute Gasteiger partial charge is 0.453 e. The van der Waals surface area contributed by atoms with Gasteiger partial charge in [0.25, 0.3) is 0 Å². The lowest BCUT2D eigenvalue weighted by molar-refractivity contribution is -0.0905. The second-order valence-corrected chi connectivity index (χ2v) is 3.54. The monoisotopic (exact) mass is 203 g/mol. The van der Waals surface area contributed by atoms with E-state index in [9.17, 15) is 9.90 Å². The molecule has 0 saturated carbocycles. The van der Waals surface area contributed by atoms with Crippen molar-refractivity contribution >= 4 is 6.09 Å². The first kappa shape index (κ1) is 11.3. The smallest absolute Gasteiger partial charge is 0.409 e. The van der Waals surface area contributed by atoms with Gasteiger partial charge in [0.2, 0.25) is 0 Å². The molecule has 0 spiro atoms. The Hall–Kier alpha value is -0.810. The highest BCUT2D eigenvalue weighted by Gasteiger charge is 2.37. The summed E-state index contributed by atoms with van der Waals surface area (Å²) >= 11 is 0. The van der Waals surface area contributed by atoms with Crippen LogP contribution in [0, 0.1) is 0 Å². The van der Waals surface area contributed by atoms with E-state index in [1.807, 2.05) is 0 Å². The maximum absolute atomic E-state index is 11.3. The van der Waals surface area contributed by atoms with Crippen LogP contribution >= 0.6 is 0 Å². The fourth-order valence-corrected chi connectivity index (χ4v) is 1.74. The minimum atomic E-state index is -0.605. The number of hydrogen-bond donors (Lipinski definition) is 1. The molecule has 0 aromatic heterocycles. The van der Waals surface area contributed by atoms with Crippen molar-refractivity contribution in [2.45, 2.75) is 18.4 Å². The number of aliphatic hydroxyl groups is 1. The first-order valence-corrected chi connectivity index (χ1v) is 4.66. The minimum Gasteiger partial charge on any atom is -0.453 e. The SMILES string of the molecule is COC(=O)N1CCC[C@](CO)(OC)C1. The van der Waals surface area contributed by atoms with E-state index in [4.69, 9.17) is 4.74 Å². The highest BCUT2D eigenvalue weighted by atomic mass is 16.5. The van der Waals surface area contributed by atoms with Crippen LogP contribution < -0.4 is 0 Å². The van der Waals surface area contributed by atoms with E-state index in [0.717, 1.165) is 12.8 Å². The topological polar surface area (TPSA) is 59.0 Å². The molecule has 0 aromatic rings. The highest BCUT2D eigenvalue weighted by Crippen LogP contribution is 2.24. The number of likely N-dealkylation sites (tertiary alicyclic amines) is 1. The van der Waals surface area contributed by atoms with Crippen LogP contribution in [-0.2, 0) is 9.47 Å². The first-order valence-electron chi connectivity index (χ1n) is 4.66. The summed E-state index contributed by atoms with van der Waals surface area (Å²) in [5.41, 5.74) is -0.605. The maximum atomic E-state index is 11.3. The van der Waals surface area contributed by atoms with Crippen molar-refractivity contribution in [2.75, 3.05) is 33.9 Å². The lowest BCUT2D eigenvalue weighted by Crippen LogP contribution is -2.53. The molecule has 1 heterocycles. The van der Waals surface area contributed by atoms with Gasteiger partial charge in [0, 0.05) is 13.7 Å². The van der Waals surface area contributed by atoms with Crippen LogP contribution in [0.25, 0.3) is 0 Å². The molecule has 14 heavy (non-hydrogen) atoms.